The van der Waals surface area contributed by atoms with Gasteiger partial charge < -0.3 is 16.4 Å². The van der Waals surface area contributed by atoms with Crippen LogP contribution >= 0.6 is 12.2 Å². The van der Waals surface area contributed by atoms with Crippen LogP contribution in [0.3, 0.4) is 0 Å². The van der Waals surface area contributed by atoms with Crippen LogP contribution in [-0.4, -0.2) is 17.6 Å². The zero-order valence-electron chi connectivity index (χ0n) is 10.5. The molecule has 1 aromatic carbocycles. The fourth-order valence-corrected chi connectivity index (χ4v) is 1.53. The average Bonchev–Trinajstić information content (AvgIpc) is 2.34. The second-order valence-electron chi connectivity index (χ2n) is 4.03. The molecule has 20 heavy (non-hydrogen) atoms. The van der Waals surface area contributed by atoms with Gasteiger partial charge in [-0.15, -0.1) is 0 Å². The molecule has 0 fully saturated rings. The van der Waals surface area contributed by atoms with Gasteiger partial charge in [0.15, 0.2) is 0 Å². The van der Waals surface area contributed by atoms with E-state index in [1.54, 1.807) is 0 Å². The zero-order chi connectivity index (χ0) is 15.2. The third kappa shape index (κ3) is 5.87. The van der Waals surface area contributed by atoms with E-state index in [0.717, 1.165) is 12.1 Å². The summed E-state index contributed by atoms with van der Waals surface area (Å²) in [6.45, 7) is 0.379. The first-order valence-electron chi connectivity index (χ1n) is 5.79. The number of nitrogens with two attached hydrogens (primary N) is 1. The SMILES string of the molecule is NC(=S)CCCNC(=O)Nc1ccc(C(F)(F)F)cc1. The normalized spacial score (nSPS) is 10.9. The van der Waals surface area contributed by atoms with Crippen LogP contribution in [0.15, 0.2) is 24.3 Å². The van der Waals surface area contributed by atoms with Crippen LogP contribution in [0.2, 0.25) is 0 Å². The molecular formula is C12H14F3N3OS. The molecule has 0 radical (unpaired) electrons. The van der Waals surface area contributed by atoms with Gasteiger partial charge in [-0.3, -0.25) is 0 Å². The Balaban J connectivity index is 2.41. The van der Waals surface area contributed by atoms with Crippen molar-refractivity contribution in [3.63, 3.8) is 0 Å². The van der Waals surface area contributed by atoms with Crippen molar-refractivity contribution in [1.82, 2.24) is 5.32 Å². The number of hydrogen-bond acceptors (Lipinski definition) is 2. The van der Waals surface area contributed by atoms with Crippen LogP contribution in [0.5, 0.6) is 0 Å². The number of carbonyl (C=O) groups is 1. The van der Waals surface area contributed by atoms with E-state index in [0.29, 0.717) is 24.4 Å². The van der Waals surface area contributed by atoms with Crippen molar-refractivity contribution in [2.24, 2.45) is 5.73 Å². The van der Waals surface area contributed by atoms with E-state index >= 15 is 0 Å². The second kappa shape index (κ2) is 7.09. The van der Waals surface area contributed by atoms with Crippen molar-refractivity contribution in [1.29, 1.82) is 0 Å². The van der Waals surface area contributed by atoms with Gasteiger partial charge in [-0.05, 0) is 37.1 Å². The van der Waals surface area contributed by atoms with Gasteiger partial charge in [0.1, 0.15) is 0 Å². The fraction of sp³-hybridized carbons (Fsp3) is 0.333. The van der Waals surface area contributed by atoms with Gasteiger partial charge in [-0.25, -0.2) is 4.79 Å². The van der Waals surface area contributed by atoms with E-state index in [2.05, 4.69) is 22.9 Å². The van der Waals surface area contributed by atoms with Crippen LogP contribution < -0.4 is 16.4 Å². The second-order valence-corrected chi connectivity index (χ2v) is 4.55. The maximum atomic E-state index is 12.3. The summed E-state index contributed by atoms with van der Waals surface area (Å²) in [4.78, 5) is 11.8. The predicted molar refractivity (Wildman–Crippen MR) is 74.5 cm³/mol. The maximum absolute atomic E-state index is 12.3. The van der Waals surface area contributed by atoms with E-state index in [1.165, 1.54) is 12.1 Å². The Morgan fingerprint density at radius 3 is 2.35 bits per heavy atom. The summed E-state index contributed by atoms with van der Waals surface area (Å²) in [5, 5.41) is 4.97. The molecule has 0 unspecified atom stereocenters. The highest BCUT2D eigenvalue weighted by Gasteiger charge is 2.29. The summed E-state index contributed by atoms with van der Waals surface area (Å²) >= 11 is 4.68. The molecule has 0 spiro atoms. The Hall–Kier alpha value is -1.83. The maximum Gasteiger partial charge on any atom is 0.416 e. The Morgan fingerprint density at radius 2 is 1.85 bits per heavy atom. The molecule has 0 aliphatic rings. The summed E-state index contributed by atoms with van der Waals surface area (Å²) < 4.78 is 37.0. The first-order valence-corrected chi connectivity index (χ1v) is 6.20. The number of anilines is 1. The standard InChI is InChI=1S/C12H14F3N3OS/c13-12(14,15)8-3-5-9(6-4-8)18-11(19)17-7-1-2-10(16)20/h3-6H,1-2,7H2,(H2,16,20)(H2,17,18,19). The lowest BCUT2D eigenvalue weighted by atomic mass is 10.2. The number of alkyl halides is 3. The van der Waals surface area contributed by atoms with Gasteiger partial charge in [0.25, 0.3) is 0 Å². The summed E-state index contributed by atoms with van der Waals surface area (Å²) in [5.41, 5.74) is 4.81. The summed E-state index contributed by atoms with van der Waals surface area (Å²) in [5.74, 6) is 0. The number of thiocarbonyl (C=S) groups is 1. The van der Waals surface area contributed by atoms with Crippen molar-refractivity contribution in [3.05, 3.63) is 29.8 Å². The molecule has 0 aliphatic heterocycles. The Morgan fingerprint density at radius 1 is 1.25 bits per heavy atom. The third-order valence-electron chi connectivity index (χ3n) is 2.36. The number of carbonyl (C=O) groups excluding carboxylic acids is 1. The van der Waals surface area contributed by atoms with E-state index in [9.17, 15) is 18.0 Å². The van der Waals surface area contributed by atoms with Gasteiger partial charge in [0, 0.05) is 12.2 Å². The van der Waals surface area contributed by atoms with Crippen molar-refractivity contribution in [2.45, 2.75) is 19.0 Å². The number of halogens is 3. The molecule has 2 amide bonds. The van der Waals surface area contributed by atoms with Crippen molar-refractivity contribution < 1.29 is 18.0 Å². The molecule has 1 rings (SSSR count). The van der Waals surface area contributed by atoms with Crippen LogP contribution in [0.4, 0.5) is 23.7 Å². The summed E-state index contributed by atoms with van der Waals surface area (Å²) in [6, 6.07) is 3.70. The molecule has 0 saturated carbocycles. The monoisotopic (exact) mass is 305 g/mol. The number of amides is 2. The van der Waals surface area contributed by atoms with E-state index < -0.39 is 17.8 Å². The van der Waals surface area contributed by atoms with E-state index in [-0.39, 0.29) is 5.69 Å². The molecular weight excluding hydrogens is 291 g/mol. The molecule has 0 bridgehead atoms. The Bertz CT molecular complexity index is 474. The topological polar surface area (TPSA) is 67.1 Å². The molecule has 110 valence electrons. The zero-order valence-corrected chi connectivity index (χ0v) is 11.3. The van der Waals surface area contributed by atoms with Crippen LogP contribution in [-0.2, 0) is 6.18 Å². The fourth-order valence-electron chi connectivity index (χ4n) is 1.38. The summed E-state index contributed by atoms with van der Waals surface area (Å²) in [7, 11) is 0. The van der Waals surface area contributed by atoms with Gasteiger partial charge in [-0.2, -0.15) is 13.2 Å². The number of nitrogens with one attached hydrogen (secondary N) is 2. The highest BCUT2D eigenvalue weighted by molar-refractivity contribution is 7.80. The number of urea groups is 1. The van der Waals surface area contributed by atoms with E-state index in [1.807, 2.05) is 0 Å². The van der Waals surface area contributed by atoms with Crippen LogP contribution in [0.1, 0.15) is 18.4 Å². The molecule has 0 aliphatic carbocycles. The third-order valence-corrected chi connectivity index (χ3v) is 2.56. The smallest absolute Gasteiger partial charge is 0.393 e. The Labute approximate surface area is 119 Å². The van der Waals surface area contributed by atoms with Crippen molar-refractivity contribution in [2.75, 3.05) is 11.9 Å². The highest BCUT2D eigenvalue weighted by Crippen LogP contribution is 2.29. The Kier molecular flexibility index (Phi) is 5.75. The minimum atomic E-state index is -4.39. The lowest BCUT2D eigenvalue weighted by Crippen LogP contribution is -2.30. The molecule has 0 atom stereocenters. The molecule has 4 nitrogen and oxygen atoms in total. The predicted octanol–water partition coefficient (Wildman–Crippen LogP) is 2.89. The highest BCUT2D eigenvalue weighted by atomic mass is 32.1. The van der Waals surface area contributed by atoms with Gasteiger partial charge in [0.2, 0.25) is 0 Å². The van der Waals surface area contributed by atoms with E-state index in [4.69, 9.17) is 5.73 Å². The first-order chi connectivity index (χ1) is 9.29. The average molecular weight is 305 g/mol. The number of rotatable bonds is 5. The molecule has 8 heteroatoms. The molecule has 0 saturated heterocycles. The number of hydrogen-bond donors (Lipinski definition) is 3. The summed E-state index contributed by atoms with van der Waals surface area (Å²) in [6.07, 6.45) is -3.26. The first kappa shape index (κ1) is 16.2. The van der Waals surface area contributed by atoms with Crippen molar-refractivity contribution >= 4 is 28.9 Å². The van der Waals surface area contributed by atoms with Crippen LogP contribution in [0.25, 0.3) is 0 Å². The van der Waals surface area contributed by atoms with Crippen molar-refractivity contribution in [3.8, 4) is 0 Å². The van der Waals surface area contributed by atoms with Gasteiger partial charge >= 0.3 is 12.2 Å². The molecule has 0 aromatic heterocycles. The molecule has 0 heterocycles. The van der Waals surface area contributed by atoms with Gasteiger partial charge in [-0.1, -0.05) is 12.2 Å². The lowest BCUT2D eigenvalue weighted by molar-refractivity contribution is -0.137. The minimum Gasteiger partial charge on any atom is -0.393 e. The molecule has 1 aromatic rings. The minimum absolute atomic E-state index is 0.282. The lowest BCUT2D eigenvalue weighted by Gasteiger charge is -2.09. The van der Waals surface area contributed by atoms with Crippen LogP contribution in [0, 0.1) is 0 Å². The van der Waals surface area contributed by atoms with Gasteiger partial charge in [0.05, 0.1) is 10.6 Å². The molecule has 4 N–H and O–H groups in total. The quantitative estimate of drug-likeness (QED) is 0.579. The largest absolute Gasteiger partial charge is 0.416 e. The number of benzene rings is 1.